The number of nitrogens with one attached hydrogen (secondary N) is 1. The van der Waals surface area contributed by atoms with Crippen molar-refractivity contribution in [3.05, 3.63) is 0 Å². The quantitative estimate of drug-likeness (QED) is 0.735. The Morgan fingerprint density at radius 2 is 1.48 bits per heavy atom. The van der Waals surface area contributed by atoms with Crippen LogP contribution in [0.1, 0.15) is 64.2 Å². The van der Waals surface area contributed by atoms with Crippen LogP contribution < -0.4 is 5.32 Å². The van der Waals surface area contributed by atoms with Gasteiger partial charge in [0.1, 0.15) is 0 Å². The van der Waals surface area contributed by atoms with Crippen LogP contribution in [0.25, 0.3) is 0 Å². The van der Waals surface area contributed by atoms with Crippen molar-refractivity contribution in [3.8, 4) is 0 Å². The van der Waals surface area contributed by atoms with Crippen molar-refractivity contribution in [2.45, 2.75) is 82.3 Å². The smallest absolute Gasteiger partial charge is 0.0257 e. The van der Waals surface area contributed by atoms with Crippen LogP contribution >= 0.6 is 0 Å². The second-order valence-electron chi connectivity index (χ2n) is 8.90. The van der Waals surface area contributed by atoms with E-state index in [0.29, 0.717) is 0 Å². The molecule has 5 fully saturated rings. The average molecular weight is 288 g/mol. The van der Waals surface area contributed by atoms with Crippen molar-refractivity contribution in [1.82, 2.24) is 10.2 Å². The predicted octanol–water partition coefficient (Wildman–Crippen LogP) is 3.42. The molecule has 3 aliphatic heterocycles. The molecule has 2 heteroatoms. The van der Waals surface area contributed by atoms with Gasteiger partial charge in [-0.2, -0.15) is 0 Å². The van der Waals surface area contributed by atoms with Crippen molar-refractivity contribution in [2.24, 2.45) is 23.7 Å². The van der Waals surface area contributed by atoms with E-state index in [1.165, 1.54) is 70.9 Å². The molecule has 2 aliphatic carbocycles. The van der Waals surface area contributed by atoms with E-state index in [2.05, 4.69) is 10.2 Å². The number of rotatable bonds is 0. The molecule has 5 aliphatic rings. The number of piperazine rings is 1. The van der Waals surface area contributed by atoms with E-state index in [9.17, 15) is 0 Å². The third-order valence-electron chi connectivity index (χ3n) is 7.86. The maximum absolute atomic E-state index is 4.11. The van der Waals surface area contributed by atoms with Crippen LogP contribution in [0.5, 0.6) is 0 Å². The average Bonchev–Trinajstić information content (AvgIpc) is 2.53. The van der Waals surface area contributed by atoms with E-state index in [0.717, 1.165) is 41.8 Å². The number of hydrogen-bond donors (Lipinski definition) is 1. The lowest BCUT2D eigenvalue weighted by Crippen LogP contribution is -2.71. The Hall–Kier alpha value is -0.0800. The first-order chi connectivity index (χ1) is 10.4. The molecule has 0 amide bonds. The van der Waals surface area contributed by atoms with Gasteiger partial charge in [0.25, 0.3) is 0 Å². The van der Waals surface area contributed by atoms with Gasteiger partial charge in [0.2, 0.25) is 0 Å². The molecule has 0 aromatic rings. The van der Waals surface area contributed by atoms with E-state index in [1.54, 1.807) is 6.42 Å². The Labute approximate surface area is 130 Å². The summed E-state index contributed by atoms with van der Waals surface area (Å²) in [5.74, 6) is 4.21. The zero-order chi connectivity index (χ0) is 13.8. The van der Waals surface area contributed by atoms with Crippen molar-refractivity contribution < 1.29 is 0 Å². The highest BCUT2D eigenvalue weighted by molar-refractivity contribution is 5.07. The highest BCUT2D eigenvalue weighted by Crippen LogP contribution is 2.47. The van der Waals surface area contributed by atoms with Crippen molar-refractivity contribution >= 4 is 0 Å². The number of hydrogen-bond acceptors (Lipinski definition) is 2. The number of fused-ring (bicyclic) bond motifs is 7. The molecule has 0 aromatic heterocycles. The van der Waals surface area contributed by atoms with Crippen molar-refractivity contribution in [1.29, 1.82) is 0 Å². The van der Waals surface area contributed by atoms with Gasteiger partial charge in [-0.1, -0.05) is 38.5 Å². The Bertz CT molecular complexity index is 395. The molecule has 2 saturated carbocycles. The van der Waals surface area contributed by atoms with Crippen LogP contribution in [0.4, 0.5) is 0 Å². The van der Waals surface area contributed by atoms with E-state index in [-0.39, 0.29) is 0 Å². The summed E-state index contributed by atoms with van der Waals surface area (Å²) in [6.07, 6.45) is 15.2. The second-order valence-corrected chi connectivity index (χ2v) is 8.90. The summed E-state index contributed by atoms with van der Waals surface area (Å²) >= 11 is 0. The molecule has 1 N–H and O–H groups in total. The number of nitrogens with zero attached hydrogens (tertiary/aromatic N) is 1. The maximum atomic E-state index is 4.11. The van der Waals surface area contributed by atoms with Gasteiger partial charge in [-0.25, -0.2) is 0 Å². The maximum Gasteiger partial charge on any atom is 0.0257 e. The van der Waals surface area contributed by atoms with E-state index >= 15 is 0 Å². The van der Waals surface area contributed by atoms with Crippen LogP contribution in [0.3, 0.4) is 0 Å². The van der Waals surface area contributed by atoms with Crippen LogP contribution in [0.2, 0.25) is 0 Å². The van der Waals surface area contributed by atoms with E-state index in [4.69, 9.17) is 0 Å². The van der Waals surface area contributed by atoms with Gasteiger partial charge in [0, 0.05) is 31.2 Å². The van der Waals surface area contributed by atoms with Crippen molar-refractivity contribution in [2.75, 3.05) is 13.1 Å². The molecule has 7 atom stereocenters. The molecule has 21 heavy (non-hydrogen) atoms. The first-order valence-electron chi connectivity index (χ1n) is 9.88. The molecule has 5 rings (SSSR count). The van der Waals surface area contributed by atoms with Crippen LogP contribution in [0, 0.1) is 23.7 Å². The van der Waals surface area contributed by atoms with Gasteiger partial charge in [-0.3, -0.25) is 4.90 Å². The standard InChI is InChI=1S/C19H32N2/c1-2-7-15-11-21-12-16-9-14-6-3-4-8-17(14)19(20-16)18(21)10-13(15)5-1/h13-20H,1-12H2. The molecule has 3 saturated heterocycles. The summed E-state index contributed by atoms with van der Waals surface area (Å²) in [4.78, 5) is 2.95. The zero-order valence-electron chi connectivity index (χ0n) is 13.5. The first kappa shape index (κ1) is 13.4. The summed E-state index contributed by atoms with van der Waals surface area (Å²) in [7, 11) is 0. The lowest BCUT2D eigenvalue weighted by atomic mass is 9.63. The lowest BCUT2D eigenvalue weighted by molar-refractivity contribution is -0.0622. The van der Waals surface area contributed by atoms with Crippen molar-refractivity contribution in [3.63, 3.8) is 0 Å². The number of piperidine rings is 2. The molecule has 2 nitrogen and oxygen atoms in total. The molecular weight excluding hydrogens is 256 g/mol. The second kappa shape index (κ2) is 5.23. The SMILES string of the molecule is C1CCC2CN3CC4CC5CCCCC5C(N4)C3CC2C1. The topological polar surface area (TPSA) is 15.3 Å². The molecule has 7 unspecified atom stereocenters. The minimum absolute atomic E-state index is 0.825. The molecule has 3 heterocycles. The summed E-state index contributed by atoms with van der Waals surface area (Å²) in [6, 6.07) is 2.57. The summed E-state index contributed by atoms with van der Waals surface area (Å²) in [5, 5.41) is 4.11. The lowest BCUT2D eigenvalue weighted by Gasteiger charge is -2.59. The Kier molecular flexibility index (Phi) is 3.33. The molecule has 2 bridgehead atoms. The van der Waals surface area contributed by atoms with Gasteiger partial charge in [-0.15, -0.1) is 0 Å². The van der Waals surface area contributed by atoms with Crippen LogP contribution in [0.15, 0.2) is 0 Å². The Morgan fingerprint density at radius 3 is 2.38 bits per heavy atom. The molecule has 118 valence electrons. The third-order valence-corrected chi connectivity index (χ3v) is 7.86. The fraction of sp³-hybridized carbons (Fsp3) is 1.00. The van der Waals surface area contributed by atoms with Gasteiger partial charge in [-0.05, 0) is 49.4 Å². The minimum atomic E-state index is 0.825. The Balaban J connectivity index is 1.39. The monoisotopic (exact) mass is 288 g/mol. The fourth-order valence-corrected chi connectivity index (χ4v) is 6.95. The molecular formula is C19H32N2. The van der Waals surface area contributed by atoms with Gasteiger partial charge >= 0.3 is 0 Å². The zero-order valence-corrected chi connectivity index (χ0v) is 13.5. The normalized spacial score (nSPS) is 53.4. The molecule has 0 radical (unpaired) electrons. The summed E-state index contributed by atoms with van der Waals surface area (Å²) in [5.41, 5.74) is 0. The summed E-state index contributed by atoms with van der Waals surface area (Å²) in [6.45, 7) is 2.81. The van der Waals surface area contributed by atoms with Gasteiger partial charge in [0.15, 0.2) is 0 Å². The molecule has 0 aromatic carbocycles. The highest BCUT2D eigenvalue weighted by Gasteiger charge is 2.50. The van der Waals surface area contributed by atoms with E-state index < -0.39 is 0 Å². The minimum Gasteiger partial charge on any atom is -0.308 e. The van der Waals surface area contributed by atoms with Crippen LogP contribution in [-0.4, -0.2) is 36.1 Å². The molecule has 0 spiro atoms. The van der Waals surface area contributed by atoms with Crippen LogP contribution in [-0.2, 0) is 0 Å². The Morgan fingerprint density at radius 1 is 0.714 bits per heavy atom. The largest absolute Gasteiger partial charge is 0.308 e. The van der Waals surface area contributed by atoms with Gasteiger partial charge < -0.3 is 5.32 Å². The van der Waals surface area contributed by atoms with Gasteiger partial charge in [0.05, 0.1) is 0 Å². The first-order valence-corrected chi connectivity index (χ1v) is 9.88. The third kappa shape index (κ3) is 2.20. The predicted molar refractivity (Wildman–Crippen MR) is 86.2 cm³/mol. The fourth-order valence-electron chi connectivity index (χ4n) is 6.95. The highest BCUT2D eigenvalue weighted by atomic mass is 15.3. The van der Waals surface area contributed by atoms with E-state index in [1.807, 2.05) is 0 Å². The summed E-state index contributed by atoms with van der Waals surface area (Å²) < 4.78 is 0.